The highest BCUT2D eigenvalue weighted by molar-refractivity contribution is 7.89. The van der Waals surface area contributed by atoms with Crippen molar-refractivity contribution in [2.24, 2.45) is 11.8 Å². The van der Waals surface area contributed by atoms with E-state index in [1.807, 2.05) is 18.2 Å². The number of likely N-dealkylation sites (N-methyl/N-ethyl adjacent to an activating group) is 1. The summed E-state index contributed by atoms with van der Waals surface area (Å²) in [5.41, 5.74) is 1.66. The number of sulfonamides is 1. The lowest BCUT2D eigenvalue weighted by molar-refractivity contribution is -0.106. The number of fused-ring (bicyclic) bond motifs is 1. The van der Waals surface area contributed by atoms with E-state index in [0.29, 0.717) is 6.54 Å². The molecule has 198 valence electrons. The van der Waals surface area contributed by atoms with Crippen LogP contribution in [0.25, 0.3) is 0 Å². The number of hydrogen-bond donors (Lipinski definition) is 0. The molecule has 3 atom stereocenters. The molecule has 1 heterocycles. The predicted molar refractivity (Wildman–Crippen MR) is 143 cm³/mol. The average Bonchev–Trinajstić information content (AvgIpc) is 3.37. The molecular weight excluding hydrogens is 472 g/mol. The topological polar surface area (TPSA) is 59.1 Å². The average molecular weight is 515 g/mol. The van der Waals surface area contributed by atoms with Gasteiger partial charge < -0.3 is 14.4 Å². The second-order valence-corrected chi connectivity index (χ2v) is 12.9. The number of benzene rings is 2. The largest absolute Gasteiger partial charge is 0.352 e. The molecule has 36 heavy (non-hydrogen) atoms. The zero-order valence-corrected chi connectivity index (χ0v) is 23.0. The lowest BCUT2D eigenvalue weighted by Gasteiger charge is -2.39. The first kappa shape index (κ1) is 27.3. The lowest BCUT2D eigenvalue weighted by atomic mass is 9.78. The van der Waals surface area contributed by atoms with Crippen LogP contribution in [-0.4, -0.2) is 65.1 Å². The molecule has 1 saturated heterocycles. The third-order valence-electron chi connectivity index (χ3n) is 8.44. The van der Waals surface area contributed by atoms with Gasteiger partial charge in [0.2, 0.25) is 10.0 Å². The van der Waals surface area contributed by atoms with E-state index in [4.69, 9.17) is 9.47 Å². The summed E-state index contributed by atoms with van der Waals surface area (Å²) in [4.78, 5) is 2.89. The molecule has 6 nitrogen and oxygen atoms in total. The van der Waals surface area contributed by atoms with E-state index in [0.717, 1.165) is 36.9 Å². The Morgan fingerprint density at radius 3 is 2.33 bits per heavy atom. The number of nitrogens with zero attached hydrogens (tertiary/aromatic N) is 2. The SMILES string of the molecule is COC(OC)c1ccc(S(=O)(=O)N(C)CC(C)(CCN2CCC3CCCC3C2)c2ccccc2)cc1. The quantitative estimate of drug-likeness (QED) is 0.392. The summed E-state index contributed by atoms with van der Waals surface area (Å²) in [6, 6.07) is 17.2. The fourth-order valence-electron chi connectivity index (χ4n) is 6.19. The van der Waals surface area contributed by atoms with Crippen LogP contribution in [0.2, 0.25) is 0 Å². The van der Waals surface area contributed by atoms with E-state index in [-0.39, 0.29) is 10.3 Å². The molecule has 4 rings (SSSR count). The molecule has 2 aromatic carbocycles. The van der Waals surface area contributed by atoms with E-state index in [1.165, 1.54) is 42.1 Å². The molecule has 1 aliphatic heterocycles. The first-order valence-electron chi connectivity index (χ1n) is 13.2. The molecule has 1 aliphatic carbocycles. The number of hydrogen-bond acceptors (Lipinski definition) is 5. The fraction of sp³-hybridized carbons (Fsp3) is 0.586. The number of piperidine rings is 1. The first-order valence-corrected chi connectivity index (χ1v) is 14.6. The highest BCUT2D eigenvalue weighted by Gasteiger charge is 2.36. The van der Waals surface area contributed by atoms with Gasteiger partial charge in [0.05, 0.1) is 4.90 Å². The standard InChI is InChI=1S/C29H42N2O4S/c1-29(26-11-6-5-7-12-26,18-20-31-19-17-23-9-8-10-25(23)21-31)22-30(2)36(32,33)27-15-13-24(14-16-27)28(34-3)35-4/h5-7,11-16,23,25,28H,8-10,17-22H2,1-4H3. The normalized spacial score (nSPS) is 22.6. The molecule has 0 N–H and O–H groups in total. The van der Waals surface area contributed by atoms with Crippen molar-refractivity contribution in [2.75, 3.05) is 47.4 Å². The smallest absolute Gasteiger partial charge is 0.242 e. The highest BCUT2D eigenvalue weighted by atomic mass is 32.2. The van der Waals surface area contributed by atoms with Gasteiger partial charge in [0.15, 0.2) is 6.29 Å². The molecular formula is C29H42N2O4S. The molecule has 3 unspecified atom stereocenters. The van der Waals surface area contributed by atoms with Gasteiger partial charge in [0.1, 0.15) is 0 Å². The van der Waals surface area contributed by atoms with Gasteiger partial charge >= 0.3 is 0 Å². The van der Waals surface area contributed by atoms with Crippen LogP contribution in [0.4, 0.5) is 0 Å². The maximum Gasteiger partial charge on any atom is 0.242 e. The third-order valence-corrected chi connectivity index (χ3v) is 10.3. The maximum atomic E-state index is 13.5. The number of methoxy groups -OCH3 is 2. The lowest BCUT2D eigenvalue weighted by Crippen LogP contribution is -2.44. The Morgan fingerprint density at radius 1 is 1.00 bits per heavy atom. The van der Waals surface area contributed by atoms with Crippen LogP contribution in [0, 0.1) is 11.8 Å². The van der Waals surface area contributed by atoms with Crippen molar-refractivity contribution in [1.82, 2.24) is 9.21 Å². The molecule has 7 heteroatoms. The number of likely N-dealkylation sites (tertiary alicyclic amines) is 1. The Kier molecular flexibility index (Phi) is 8.89. The van der Waals surface area contributed by atoms with E-state index >= 15 is 0 Å². The summed E-state index contributed by atoms with van der Waals surface area (Å²) < 4.78 is 39.2. The zero-order chi connectivity index (χ0) is 25.8. The Morgan fingerprint density at radius 2 is 1.67 bits per heavy atom. The molecule has 0 aromatic heterocycles. The van der Waals surface area contributed by atoms with Crippen LogP contribution in [0.3, 0.4) is 0 Å². The monoisotopic (exact) mass is 514 g/mol. The van der Waals surface area contributed by atoms with Crippen LogP contribution in [0.5, 0.6) is 0 Å². The van der Waals surface area contributed by atoms with Gasteiger partial charge in [-0.15, -0.1) is 0 Å². The van der Waals surface area contributed by atoms with Crippen LogP contribution in [-0.2, 0) is 24.9 Å². The molecule has 2 aromatic rings. The van der Waals surface area contributed by atoms with Crippen molar-refractivity contribution in [3.05, 3.63) is 65.7 Å². The minimum Gasteiger partial charge on any atom is -0.352 e. The third kappa shape index (κ3) is 6.03. The van der Waals surface area contributed by atoms with Gasteiger partial charge in [0, 0.05) is 45.3 Å². The number of rotatable bonds is 11. The van der Waals surface area contributed by atoms with E-state index in [2.05, 4.69) is 24.0 Å². The second-order valence-electron chi connectivity index (χ2n) is 10.9. The summed E-state index contributed by atoms with van der Waals surface area (Å²) in [7, 11) is 1.17. The summed E-state index contributed by atoms with van der Waals surface area (Å²) >= 11 is 0. The van der Waals surface area contributed by atoms with Crippen LogP contribution in [0.15, 0.2) is 59.5 Å². The predicted octanol–water partition coefficient (Wildman–Crippen LogP) is 5.07. The summed E-state index contributed by atoms with van der Waals surface area (Å²) in [5, 5.41) is 0. The molecule has 2 fully saturated rings. The van der Waals surface area contributed by atoms with Crippen LogP contribution in [0.1, 0.15) is 56.4 Å². The van der Waals surface area contributed by atoms with Gasteiger partial charge in [-0.05, 0) is 61.9 Å². The summed E-state index contributed by atoms with van der Waals surface area (Å²) in [6.45, 7) is 5.98. The van der Waals surface area contributed by atoms with Crippen LogP contribution < -0.4 is 0 Å². The maximum absolute atomic E-state index is 13.5. The Labute approximate surface area is 217 Å². The Bertz CT molecular complexity index is 1070. The van der Waals surface area contributed by atoms with Crippen molar-refractivity contribution >= 4 is 10.0 Å². The molecule has 2 aliphatic rings. The van der Waals surface area contributed by atoms with Crippen molar-refractivity contribution in [2.45, 2.75) is 55.6 Å². The van der Waals surface area contributed by atoms with Crippen molar-refractivity contribution in [1.29, 1.82) is 0 Å². The van der Waals surface area contributed by atoms with Crippen molar-refractivity contribution < 1.29 is 17.9 Å². The van der Waals surface area contributed by atoms with E-state index in [1.54, 1.807) is 45.5 Å². The fourth-order valence-corrected chi connectivity index (χ4v) is 7.49. The molecule has 0 radical (unpaired) electrons. The second kappa shape index (κ2) is 11.7. The molecule has 0 amide bonds. The van der Waals surface area contributed by atoms with Gasteiger partial charge in [-0.3, -0.25) is 0 Å². The van der Waals surface area contributed by atoms with Gasteiger partial charge in [-0.2, -0.15) is 0 Å². The van der Waals surface area contributed by atoms with Crippen molar-refractivity contribution in [3.63, 3.8) is 0 Å². The minimum absolute atomic E-state index is 0.276. The van der Waals surface area contributed by atoms with Crippen molar-refractivity contribution in [3.8, 4) is 0 Å². The molecule has 1 saturated carbocycles. The Hall–Kier alpha value is -1.77. The van der Waals surface area contributed by atoms with E-state index in [9.17, 15) is 8.42 Å². The molecule has 0 spiro atoms. The van der Waals surface area contributed by atoms with Gasteiger partial charge in [-0.1, -0.05) is 62.2 Å². The minimum atomic E-state index is -3.65. The highest BCUT2D eigenvalue weighted by Crippen LogP contribution is 2.38. The van der Waals surface area contributed by atoms with Gasteiger partial charge in [-0.25, -0.2) is 12.7 Å². The zero-order valence-electron chi connectivity index (χ0n) is 22.2. The molecule has 0 bridgehead atoms. The van der Waals surface area contributed by atoms with Gasteiger partial charge in [0.25, 0.3) is 0 Å². The Balaban J connectivity index is 1.49. The van der Waals surface area contributed by atoms with Crippen LogP contribution >= 0.6 is 0 Å². The first-order chi connectivity index (χ1) is 17.3. The number of ether oxygens (including phenoxy) is 2. The summed E-state index contributed by atoms with van der Waals surface area (Å²) in [5.74, 6) is 1.77. The van der Waals surface area contributed by atoms with E-state index < -0.39 is 16.3 Å². The summed E-state index contributed by atoms with van der Waals surface area (Å²) in [6.07, 6.45) is 5.86.